The first kappa shape index (κ1) is 12.4. The minimum atomic E-state index is -1.30. The summed E-state index contributed by atoms with van der Waals surface area (Å²) in [6.45, 7) is 8.96. The normalized spacial score (nSPS) is 14.4. The summed E-state index contributed by atoms with van der Waals surface area (Å²) in [6, 6.07) is 0.849. The molecule has 0 N–H and O–H groups in total. The molecule has 0 saturated carbocycles. The van der Waals surface area contributed by atoms with E-state index in [4.69, 9.17) is 4.43 Å². The quantitative estimate of drug-likeness (QED) is 0.660. The first-order valence-corrected chi connectivity index (χ1v) is 12.9. The SMILES string of the molecule is CC[Si](=O)C[SiH](OC)[Si](C)(C)C. The Hall–Kier alpha value is 0.411. The fraction of sp³-hybridized carbons (Fsp3) is 1.00. The zero-order chi connectivity index (χ0) is 9.78. The predicted molar refractivity (Wildman–Crippen MR) is 59.2 cm³/mol. The van der Waals surface area contributed by atoms with Gasteiger partial charge in [-0.2, -0.15) is 0 Å². The van der Waals surface area contributed by atoms with Gasteiger partial charge < -0.3 is 8.89 Å². The van der Waals surface area contributed by atoms with Gasteiger partial charge >= 0.3 is 0 Å². The molecule has 0 fully saturated rings. The number of hydrogen-bond donors (Lipinski definition) is 0. The van der Waals surface area contributed by atoms with Crippen molar-refractivity contribution in [3.8, 4) is 0 Å². The van der Waals surface area contributed by atoms with Gasteiger partial charge in [0.25, 0.3) is 8.68 Å². The summed E-state index contributed by atoms with van der Waals surface area (Å²) in [5.41, 5.74) is 0.924. The molecule has 2 nitrogen and oxygen atoms in total. The summed E-state index contributed by atoms with van der Waals surface area (Å²) in [4.78, 5) is 0. The van der Waals surface area contributed by atoms with Crippen molar-refractivity contribution in [2.75, 3.05) is 7.11 Å². The Kier molecular flexibility index (Phi) is 5.39. The van der Waals surface area contributed by atoms with Crippen molar-refractivity contribution in [3.63, 3.8) is 0 Å². The number of hydrogen-bond acceptors (Lipinski definition) is 2. The van der Waals surface area contributed by atoms with Gasteiger partial charge in [0, 0.05) is 12.8 Å². The van der Waals surface area contributed by atoms with Crippen LogP contribution in [0.2, 0.25) is 31.4 Å². The van der Waals surface area contributed by atoms with Crippen LogP contribution in [0.3, 0.4) is 0 Å². The van der Waals surface area contributed by atoms with Gasteiger partial charge in [-0.05, 0) is 6.04 Å². The Bertz CT molecular complexity index is 153. The predicted octanol–water partition coefficient (Wildman–Crippen LogP) is 1.75. The standard InChI is InChI=1S/C7H20O2Si3/c1-6-10(8)7-11(9-2)12(3,4)5/h11H,6-7H2,1-5H3. The minimum absolute atomic E-state index is 0.849. The van der Waals surface area contributed by atoms with Crippen LogP contribution in [-0.2, 0) is 8.89 Å². The fourth-order valence-corrected chi connectivity index (χ4v) is 17.4. The van der Waals surface area contributed by atoms with Gasteiger partial charge in [0.2, 0.25) is 0 Å². The van der Waals surface area contributed by atoms with Gasteiger partial charge in [-0.25, -0.2) is 0 Å². The molecular weight excluding hydrogens is 200 g/mol. The molecule has 0 heterocycles. The molecule has 0 rings (SSSR count). The first-order chi connectivity index (χ1) is 5.41. The molecule has 0 aromatic heterocycles. The Morgan fingerprint density at radius 1 is 1.42 bits per heavy atom. The zero-order valence-corrected chi connectivity index (χ0v) is 12.0. The van der Waals surface area contributed by atoms with E-state index in [1.807, 2.05) is 6.92 Å². The Balaban J connectivity index is 4.09. The average molecular weight is 220 g/mol. The summed E-state index contributed by atoms with van der Waals surface area (Å²) >= 11 is 0. The molecule has 1 atom stereocenters. The summed E-state index contributed by atoms with van der Waals surface area (Å²) < 4.78 is 16.9. The van der Waals surface area contributed by atoms with Crippen LogP contribution in [0, 0.1) is 0 Å². The third kappa shape index (κ3) is 4.44. The van der Waals surface area contributed by atoms with Crippen molar-refractivity contribution in [1.82, 2.24) is 0 Å². The van der Waals surface area contributed by atoms with Crippen LogP contribution >= 0.6 is 0 Å². The second-order valence-corrected chi connectivity index (χ2v) is 20.9. The van der Waals surface area contributed by atoms with Gasteiger partial charge in [0.15, 0.2) is 8.56 Å². The highest BCUT2D eigenvalue weighted by Gasteiger charge is 2.30. The molecule has 0 aliphatic rings. The largest absolute Gasteiger partial charge is 0.426 e. The fourth-order valence-electron chi connectivity index (χ4n) is 1.09. The van der Waals surface area contributed by atoms with E-state index < -0.39 is 24.8 Å². The topological polar surface area (TPSA) is 26.3 Å². The van der Waals surface area contributed by atoms with E-state index >= 15 is 0 Å². The highest BCUT2D eigenvalue weighted by atomic mass is 29.2. The molecule has 0 aromatic carbocycles. The second kappa shape index (κ2) is 5.21. The van der Waals surface area contributed by atoms with Crippen LogP contribution in [0.15, 0.2) is 0 Å². The van der Waals surface area contributed by atoms with E-state index in [2.05, 4.69) is 19.6 Å². The lowest BCUT2D eigenvalue weighted by Gasteiger charge is -2.24. The van der Waals surface area contributed by atoms with Crippen LogP contribution in [0.5, 0.6) is 0 Å². The van der Waals surface area contributed by atoms with Crippen LogP contribution in [0.4, 0.5) is 0 Å². The van der Waals surface area contributed by atoms with Gasteiger partial charge in [0.05, 0.1) is 7.59 Å². The summed E-state index contributed by atoms with van der Waals surface area (Å²) in [6.07, 6.45) is 0. The Morgan fingerprint density at radius 3 is 2.17 bits per heavy atom. The van der Waals surface area contributed by atoms with Gasteiger partial charge in [-0.15, -0.1) is 0 Å². The van der Waals surface area contributed by atoms with Crippen molar-refractivity contribution in [2.24, 2.45) is 0 Å². The molecule has 5 heteroatoms. The molecule has 0 amide bonds. The van der Waals surface area contributed by atoms with E-state index in [9.17, 15) is 4.46 Å². The van der Waals surface area contributed by atoms with Crippen LogP contribution in [0.25, 0.3) is 0 Å². The lowest BCUT2D eigenvalue weighted by molar-refractivity contribution is 0.434. The number of rotatable bonds is 5. The summed E-state index contributed by atoms with van der Waals surface area (Å²) in [5, 5.41) is 0. The molecule has 0 radical (unpaired) electrons. The van der Waals surface area contributed by atoms with Crippen molar-refractivity contribution in [1.29, 1.82) is 0 Å². The molecule has 0 spiro atoms. The van der Waals surface area contributed by atoms with Gasteiger partial charge in [-0.3, -0.25) is 0 Å². The highest BCUT2D eigenvalue weighted by Crippen LogP contribution is 2.11. The molecular formula is C7H20O2Si3. The maximum Gasteiger partial charge on any atom is 0.275 e. The van der Waals surface area contributed by atoms with Crippen LogP contribution in [-0.4, -0.2) is 31.9 Å². The van der Waals surface area contributed by atoms with E-state index in [1.54, 1.807) is 7.11 Å². The van der Waals surface area contributed by atoms with Crippen LogP contribution < -0.4 is 0 Å². The molecule has 0 aromatic rings. The molecule has 0 aliphatic heterocycles. The lowest BCUT2D eigenvalue weighted by Crippen LogP contribution is -2.45. The Labute approximate surface area is 79.5 Å². The molecule has 0 aliphatic carbocycles. The van der Waals surface area contributed by atoms with Crippen molar-refractivity contribution in [2.45, 2.75) is 38.3 Å². The third-order valence-electron chi connectivity index (χ3n) is 2.06. The first-order valence-electron chi connectivity index (χ1n) is 4.46. The van der Waals surface area contributed by atoms with Crippen molar-refractivity contribution in [3.05, 3.63) is 0 Å². The molecule has 72 valence electrons. The highest BCUT2D eigenvalue weighted by molar-refractivity contribution is 7.30. The maximum atomic E-state index is 11.4. The molecule has 1 unspecified atom stereocenters. The van der Waals surface area contributed by atoms with E-state index in [-0.39, 0.29) is 0 Å². The maximum absolute atomic E-state index is 11.4. The summed E-state index contributed by atoms with van der Waals surface area (Å²) in [7, 11) is -1.74. The van der Waals surface area contributed by atoms with Crippen molar-refractivity contribution < 1.29 is 8.89 Å². The minimum Gasteiger partial charge on any atom is -0.426 e. The lowest BCUT2D eigenvalue weighted by atomic mass is 11.0. The van der Waals surface area contributed by atoms with E-state index in [0.29, 0.717) is 0 Å². The van der Waals surface area contributed by atoms with Crippen LogP contribution in [0.1, 0.15) is 6.92 Å². The van der Waals surface area contributed by atoms with Gasteiger partial charge in [-0.1, -0.05) is 26.6 Å². The van der Waals surface area contributed by atoms with Gasteiger partial charge in [0.1, 0.15) is 0 Å². The second-order valence-electron chi connectivity index (χ2n) is 4.19. The Morgan fingerprint density at radius 2 is 1.92 bits per heavy atom. The zero-order valence-electron chi connectivity index (χ0n) is 8.81. The monoisotopic (exact) mass is 220 g/mol. The molecule has 0 saturated heterocycles. The average Bonchev–Trinajstić information content (AvgIpc) is 1.97. The smallest absolute Gasteiger partial charge is 0.275 e. The van der Waals surface area contributed by atoms with E-state index in [1.165, 1.54) is 0 Å². The molecule has 12 heavy (non-hydrogen) atoms. The van der Waals surface area contributed by atoms with E-state index in [0.717, 1.165) is 11.7 Å². The molecule has 0 bridgehead atoms. The van der Waals surface area contributed by atoms with Crippen molar-refractivity contribution >= 4 is 24.8 Å². The third-order valence-corrected chi connectivity index (χ3v) is 17.0. The summed E-state index contributed by atoms with van der Waals surface area (Å²) in [5.74, 6) is 0.